The van der Waals surface area contributed by atoms with Crippen LogP contribution >= 0.6 is 38.9 Å². The molecule has 0 bridgehead atoms. The lowest BCUT2D eigenvalue weighted by Gasteiger charge is -2.20. The van der Waals surface area contributed by atoms with Gasteiger partial charge in [0.2, 0.25) is 0 Å². The topological polar surface area (TPSA) is 0 Å². The molecule has 0 atom stereocenters. The molecule has 12 heavy (non-hydrogen) atoms. The average Bonchev–Trinajstić information content (AvgIpc) is 2.36. The van der Waals surface area contributed by atoms with Gasteiger partial charge in [-0.25, -0.2) is 0 Å². The van der Waals surface area contributed by atoms with Gasteiger partial charge in [-0.05, 0) is 39.2 Å². The second kappa shape index (κ2) is 4.12. The SMILES string of the molecule is CC(C)(CCl)Cc1sccc1Br. The quantitative estimate of drug-likeness (QED) is 0.716. The molecular weight excluding hydrogens is 256 g/mol. The summed E-state index contributed by atoms with van der Waals surface area (Å²) >= 11 is 11.2. The van der Waals surface area contributed by atoms with E-state index in [-0.39, 0.29) is 5.41 Å². The smallest absolute Gasteiger partial charge is 0.0314 e. The first-order valence-corrected chi connectivity index (χ1v) is 6.04. The first-order valence-electron chi connectivity index (χ1n) is 3.83. The molecule has 0 aliphatic heterocycles. The molecule has 0 aliphatic rings. The van der Waals surface area contributed by atoms with E-state index in [2.05, 4.69) is 41.2 Å². The summed E-state index contributed by atoms with van der Waals surface area (Å²) in [6, 6.07) is 2.09. The minimum atomic E-state index is 0.203. The summed E-state index contributed by atoms with van der Waals surface area (Å²) in [7, 11) is 0. The third-order valence-electron chi connectivity index (χ3n) is 1.69. The molecule has 1 heterocycles. The monoisotopic (exact) mass is 266 g/mol. The highest BCUT2D eigenvalue weighted by Crippen LogP contribution is 2.31. The third kappa shape index (κ3) is 2.75. The summed E-state index contributed by atoms with van der Waals surface area (Å²) in [5.74, 6) is 0.706. The van der Waals surface area contributed by atoms with Gasteiger partial charge in [-0.3, -0.25) is 0 Å². The van der Waals surface area contributed by atoms with E-state index in [0.717, 1.165) is 6.42 Å². The summed E-state index contributed by atoms with van der Waals surface area (Å²) in [5, 5.41) is 2.10. The first-order chi connectivity index (χ1) is 5.55. The highest BCUT2D eigenvalue weighted by molar-refractivity contribution is 9.10. The third-order valence-corrected chi connectivity index (χ3v) is 4.34. The second-order valence-corrected chi connectivity index (χ2v) is 5.79. The fourth-order valence-electron chi connectivity index (χ4n) is 0.933. The standard InChI is InChI=1S/C9H12BrClS/c1-9(2,6-11)5-8-7(10)3-4-12-8/h3-4H,5-6H2,1-2H3. The lowest BCUT2D eigenvalue weighted by Crippen LogP contribution is -2.16. The summed E-state index contributed by atoms with van der Waals surface area (Å²) < 4.78 is 1.21. The molecule has 0 nitrogen and oxygen atoms in total. The molecule has 3 heteroatoms. The van der Waals surface area contributed by atoms with Crippen molar-refractivity contribution < 1.29 is 0 Å². The fraction of sp³-hybridized carbons (Fsp3) is 0.556. The lowest BCUT2D eigenvalue weighted by atomic mass is 9.91. The largest absolute Gasteiger partial charge is 0.148 e. The van der Waals surface area contributed by atoms with Gasteiger partial charge >= 0.3 is 0 Å². The van der Waals surface area contributed by atoms with Gasteiger partial charge in [0.15, 0.2) is 0 Å². The van der Waals surface area contributed by atoms with Crippen LogP contribution in [-0.4, -0.2) is 5.88 Å². The minimum Gasteiger partial charge on any atom is -0.148 e. The normalized spacial score (nSPS) is 12.0. The van der Waals surface area contributed by atoms with Crippen LogP contribution in [-0.2, 0) is 6.42 Å². The van der Waals surface area contributed by atoms with E-state index in [1.165, 1.54) is 9.35 Å². The van der Waals surface area contributed by atoms with Crippen LogP contribution in [0.4, 0.5) is 0 Å². The molecular formula is C9H12BrClS. The van der Waals surface area contributed by atoms with Crippen molar-refractivity contribution in [3.05, 3.63) is 20.8 Å². The molecule has 0 amide bonds. The van der Waals surface area contributed by atoms with Crippen LogP contribution in [0.3, 0.4) is 0 Å². The molecule has 68 valence electrons. The van der Waals surface area contributed by atoms with Gasteiger partial charge in [-0.2, -0.15) is 0 Å². The van der Waals surface area contributed by atoms with Gasteiger partial charge in [0, 0.05) is 15.2 Å². The predicted octanol–water partition coefficient (Wildman–Crippen LogP) is 4.32. The molecule has 0 unspecified atom stereocenters. The van der Waals surface area contributed by atoms with E-state index in [0.29, 0.717) is 5.88 Å². The summed E-state index contributed by atoms with van der Waals surface area (Å²) in [6.07, 6.45) is 1.05. The van der Waals surface area contributed by atoms with Crippen LogP contribution in [0, 0.1) is 5.41 Å². The zero-order valence-electron chi connectivity index (χ0n) is 7.23. The Balaban J connectivity index is 2.70. The molecule has 0 radical (unpaired) electrons. The molecule has 0 aromatic carbocycles. The van der Waals surface area contributed by atoms with Crippen molar-refractivity contribution in [2.45, 2.75) is 20.3 Å². The predicted molar refractivity (Wildman–Crippen MR) is 60.2 cm³/mol. The molecule has 1 rings (SSSR count). The molecule has 1 aromatic rings. The van der Waals surface area contributed by atoms with Gasteiger partial charge in [0.25, 0.3) is 0 Å². The maximum Gasteiger partial charge on any atom is 0.0314 e. The Labute approximate surface area is 91.1 Å². The highest BCUT2D eigenvalue weighted by Gasteiger charge is 2.18. The van der Waals surface area contributed by atoms with Crippen molar-refractivity contribution in [1.82, 2.24) is 0 Å². The summed E-state index contributed by atoms with van der Waals surface area (Å²) in [5.41, 5.74) is 0.203. The summed E-state index contributed by atoms with van der Waals surface area (Å²) in [6.45, 7) is 4.37. The van der Waals surface area contributed by atoms with Crippen LogP contribution in [0.1, 0.15) is 18.7 Å². The van der Waals surface area contributed by atoms with E-state index >= 15 is 0 Å². The number of hydrogen-bond donors (Lipinski definition) is 0. The Kier molecular flexibility index (Phi) is 3.62. The minimum absolute atomic E-state index is 0.203. The van der Waals surface area contributed by atoms with E-state index in [9.17, 15) is 0 Å². The molecule has 0 spiro atoms. The van der Waals surface area contributed by atoms with Crippen molar-refractivity contribution in [2.24, 2.45) is 5.41 Å². The van der Waals surface area contributed by atoms with E-state index in [4.69, 9.17) is 11.6 Å². The van der Waals surface area contributed by atoms with Crippen LogP contribution in [0.15, 0.2) is 15.9 Å². The maximum absolute atomic E-state index is 5.85. The van der Waals surface area contributed by atoms with E-state index < -0.39 is 0 Å². The van der Waals surface area contributed by atoms with E-state index in [1.54, 1.807) is 11.3 Å². The molecule has 1 aromatic heterocycles. The Morgan fingerprint density at radius 2 is 2.25 bits per heavy atom. The van der Waals surface area contributed by atoms with Crippen LogP contribution in [0.25, 0.3) is 0 Å². The van der Waals surface area contributed by atoms with Crippen LogP contribution in [0.5, 0.6) is 0 Å². The number of halogens is 2. The van der Waals surface area contributed by atoms with Crippen LogP contribution < -0.4 is 0 Å². The molecule has 0 aliphatic carbocycles. The Morgan fingerprint density at radius 1 is 1.58 bits per heavy atom. The zero-order valence-corrected chi connectivity index (χ0v) is 10.4. The molecule has 0 saturated carbocycles. The Hall–Kier alpha value is 0.470. The van der Waals surface area contributed by atoms with Crippen molar-refractivity contribution in [3.8, 4) is 0 Å². The Bertz CT molecular complexity index is 255. The van der Waals surface area contributed by atoms with Gasteiger partial charge < -0.3 is 0 Å². The van der Waals surface area contributed by atoms with Gasteiger partial charge in [-0.1, -0.05) is 13.8 Å². The summed E-state index contributed by atoms with van der Waals surface area (Å²) in [4.78, 5) is 1.39. The Morgan fingerprint density at radius 3 is 2.67 bits per heavy atom. The first kappa shape index (κ1) is 10.6. The lowest BCUT2D eigenvalue weighted by molar-refractivity contribution is 0.421. The fourth-order valence-corrected chi connectivity index (χ4v) is 2.78. The zero-order chi connectivity index (χ0) is 9.19. The van der Waals surface area contributed by atoms with E-state index in [1.807, 2.05) is 0 Å². The van der Waals surface area contributed by atoms with Gasteiger partial charge in [-0.15, -0.1) is 22.9 Å². The van der Waals surface area contributed by atoms with Crippen molar-refractivity contribution >= 4 is 38.9 Å². The van der Waals surface area contributed by atoms with Crippen molar-refractivity contribution in [3.63, 3.8) is 0 Å². The maximum atomic E-state index is 5.85. The van der Waals surface area contributed by atoms with Gasteiger partial charge in [0.05, 0.1) is 0 Å². The van der Waals surface area contributed by atoms with Crippen molar-refractivity contribution in [1.29, 1.82) is 0 Å². The number of thiophene rings is 1. The number of rotatable bonds is 3. The van der Waals surface area contributed by atoms with Crippen LogP contribution in [0.2, 0.25) is 0 Å². The number of hydrogen-bond acceptors (Lipinski definition) is 1. The second-order valence-electron chi connectivity index (χ2n) is 3.67. The highest BCUT2D eigenvalue weighted by atomic mass is 79.9. The molecule has 0 fully saturated rings. The van der Waals surface area contributed by atoms with Crippen molar-refractivity contribution in [2.75, 3.05) is 5.88 Å². The average molecular weight is 268 g/mol. The molecule has 0 N–H and O–H groups in total. The molecule has 0 saturated heterocycles. The van der Waals surface area contributed by atoms with Gasteiger partial charge in [0.1, 0.15) is 0 Å². The number of alkyl halides is 1.